The van der Waals surface area contributed by atoms with E-state index in [1.54, 1.807) is 29.5 Å². The van der Waals surface area contributed by atoms with Crippen LogP contribution in [0.2, 0.25) is 0 Å². The zero-order valence-corrected chi connectivity index (χ0v) is 17.6. The SMILES string of the molecule is O=C(CN1CCC[C@H](c2nc3ccccc3s2)C1)NC(=O)Nc1ccc2c(c1)OCO2. The van der Waals surface area contributed by atoms with Gasteiger partial charge in [-0.2, -0.15) is 0 Å². The Labute approximate surface area is 183 Å². The average Bonchev–Trinajstić information content (AvgIpc) is 3.40. The number of nitrogens with zero attached hydrogens (tertiary/aromatic N) is 2. The maximum absolute atomic E-state index is 12.4. The zero-order chi connectivity index (χ0) is 21.2. The lowest BCUT2D eigenvalue weighted by atomic mass is 9.99. The second kappa shape index (κ2) is 8.52. The fraction of sp³-hybridized carbons (Fsp3) is 0.318. The first-order chi connectivity index (χ1) is 15.1. The number of piperidine rings is 1. The van der Waals surface area contributed by atoms with Crippen molar-refractivity contribution in [1.29, 1.82) is 0 Å². The number of carbonyl (C=O) groups is 2. The molecule has 0 saturated carbocycles. The maximum Gasteiger partial charge on any atom is 0.325 e. The molecule has 1 fully saturated rings. The molecule has 1 saturated heterocycles. The Morgan fingerprint density at radius 3 is 2.94 bits per heavy atom. The van der Waals surface area contributed by atoms with E-state index in [1.165, 1.54) is 4.70 Å². The van der Waals surface area contributed by atoms with Crippen molar-refractivity contribution < 1.29 is 19.1 Å². The van der Waals surface area contributed by atoms with E-state index in [4.69, 9.17) is 14.5 Å². The molecule has 2 aliphatic heterocycles. The van der Waals surface area contributed by atoms with Gasteiger partial charge < -0.3 is 14.8 Å². The van der Waals surface area contributed by atoms with Crippen molar-refractivity contribution in [3.8, 4) is 11.5 Å². The number of rotatable bonds is 4. The molecule has 2 N–H and O–H groups in total. The molecule has 1 aromatic heterocycles. The Hall–Kier alpha value is -3.17. The smallest absolute Gasteiger partial charge is 0.325 e. The summed E-state index contributed by atoms with van der Waals surface area (Å²) in [5.41, 5.74) is 1.56. The molecule has 0 radical (unpaired) electrons. The number of thiazole rings is 1. The van der Waals surface area contributed by atoms with Crippen molar-refractivity contribution in [2.45, 2.75) is 18.8 Å². The third-order valence-corrected chi connectivity index (χ3v) is 6.61. The predicted molar refractivity (Wildman–Crippen MR) is 118 cm³/mol. The van der Waals surface area contributed by atoms with Crippen LogP contribution < -0.4 is 20.1 Å². The van der Waals surface area contributed by atoms with Gasteiger partial charge in [-0.1, -0.05) is 12.1 Å². The van der Waals surface area contributed by atoms with Crippen molar-refractivity contribution in [1.82, 2.24) is 15.2 Å². The molecule has 160 valence electrons. The third-order valence-electron chi connectivity index (χ3n) is 5.42. The zero-order valence-electron chi connectivity index (χ0n) is 16.8. The van der Waals surface area contributed by atoms with Gasteiger partial charge in [0.1, 0.15) is 0 Å². The lowest BCUT2D eigenvalue weighted by Crippen LogP contribution is -2.44. The van der Waals surface area contributed by atoms with Crippen LogP contribution in [0.15, 0.2) is 42.5 Å². The molecule has 2 aromatic carbocycles. The minimum Gasteiger partial charge on any atom is -0.454 e. The fourth-order valence-electron chi connectivity index (χ4n) is 3.97. The molecular formula is C22H22N4O4S. The van der Waals surface area contributed by atoms with Crippen molar-refractivity contribution in [3.05, 3.63) is 47.5 Å². The molecule has 1 atom stereocenters. The number of likely N-dealkylation sites (tertiary alicyclic amines) is 1. The Morgan fingerprint density at radius 2 is 2.03 bits per heavy atom. The molecule has 8 nitrogen and oxygen atoms in total. The monoisotopic (exact) mass is 438 g/mol. The first kappa shape index (κ1) is 19.8. The first-order valence-electron chi connectivity index (χ1n) is 10.2. The summed E-state index contributed by atoms with van der Waals surface area (Å²) < 4.78 is 11.7. The molecule has 2 aliphatic rings. The van der Waals surface area contributed by atoms with E-state index >= 15 is 0 Å². The van der Waals surface area contributed by atoms with E-state index in [-0.39, 0.29) is 19.2 Å². The lowest BCUT2D eigenvalue weighted by Gasteiger charge is -2.31. The largest absolute Gasteiger partial charge is 0.454 e. The van der Waals surface area contributed by atoms with Crippen LogP contribution in [0.1, 0.15) is 23.8 Å². The minimum atomic E-state index is -0.566. The lowest BCUT2D eigenvalue weighted by molar-refractivity contribution is -0.121. The number of aromatic nitrogens is 1. The molecule has 3 amide bonds. The van der Waals surface area contributed by atoms with Crippen molar-refractivity contribution in [2.75, 3.05) is 31.7 Å². The second-order valence-corrected chi connectivity index (χ2v) is 8.73. The van der Waals surface area contributed by atoms with Gasteiger partial charge in [0.25, 0.3) is 0 Å². The Kier molecular flexibility index (Phi) is 5.44. The summed E-state index contributed by atoms with van der Waals surface area (Å²) in [5.74, 6) is 1.18. The Balaban J connectivity index is 1.15. The van der Waals surface area contributed by atoms with Crippen LogP contribution in [0, 0.1) is 0 Å². The quantitative estimate of drug-likeness (QED) is 0.647. The summed E-state index contributed by atoms with van der Waals surface area (Å²) >= 11 is 1.72. The Bertz CT molecular complexity index is 1100. The maximum atomic E-state index is 12.4. The number of fused-ring (bicyclic) bond motifs is 2. The predicted octanol–water partition coefficient (Wildman–Crippen LogP) is 3.55. The highest BCUT2D eigenvalue weighted by Crippen LogP contribution is 2.34. The molecule has 9 heteroatoms. The first-order valence-corrected chi connectivity index (χ1v) is 11.0. The second-order valence-electron chi connectivity index (χ2n) is 7.66. The molecular weight excluding hydrogens is 416 g/mol. The van der Waals surface area contributed by atoms with Gasteiger partial charge in [-0.05, 0) is 43.7 Å². The van der Waals surface area contributed by atoms with Crippen LogP contribution in [-0.4, -0.2) is 48.2 Å². The van der Waals surface area contributed by atoms with Gasteiger partial charge in [0, 0.05) is 24.2 Å². The number of hydrogen-bond donors (Lipinski definition) is 2. The highest BCUT2D eigenvalue weighted by molar-refractivity contribution is 7.18. The summed E-state index contributed by atoms with van der Waals surface area (Å²) in [6.07, 6.45) is 2.06. The number of anilines is 1. The van der Waals surface area contributed by atoms with Crippen LogP contribution in [-0.2, 0) is 4.79 Å². The van der Waals surface area contributed by atoms with Crippen LogP contribution in [0.25, 0.3) is 10.2 Å². The highest BCUT2D eigenvalue weighted by Gasteiger charge is 2.25. The van der Waals surface area contributed by atoms with E-state index in [9.17, 15) is 9.59 Å². The molecule has 0 spiro atoms. The van der Waals surface area contributed by atoms with Gasteiger partial charge in [-0.3, -0.25) is 15.0 Å². The molecule has 0 aliphatic carbocycles. The number of benzene rings is 2. The highest BCUT2D eigenvalue weighted by atomic mass is 32.1. The van der Waals surface area contributed by atoms with E-state index in [0.29, 0.717) is 23.1 Å². The average molecular weight is 439 g/mol. The minimum absolute atomic E-state index is 0.164. The van der Waals surface area contributed by atoms with Gasteiger partial charge >= 0.3 is 6.03 Å². The molecule has 3 aromatic rings. The molecule has 31 heavy (non-hydrogen) atoms. The summed E-state index contributed by atoms with van der Waals surface area (Å²) in [7, 11) is 0. The molecule has 5 rings (SSSR count). The van der Waals surface area contributed by atoms with Gasteiger partial charge in [0.05, 0.1) is 21.8 Å². The van der Waals surface area contributed by atoms with Crippen LogP contribution >= 0.6 is 11.3 Å². The van der Waals surface area contributed by atoms with Crippen molar-refractivity contribution >= 4 is 39.2 Å². The topological polar surface area (TPSA) is 92.8 Å². The van der Waals surface area contributed by atoms with E-state index in [2.05, 4.69) is 21.6 Å². The van der Waals surface area contributed by atoms with E-state index in [0.717, 1.165) is 36.5 Å². The van der Waals surface area contributed by atoms with Crippen molar-refractivity contribution in [2.24, 2.45) is 0 Å². The summed E-state index contributed by atoms with van der Waals surface area (Å²) in [6, 6.07) is 12.7. The number of imide groups is 1. The normalized spacial score (nSPS) is 18.1. The van der Waals surface area contributed by atoms with Gasteiger partial charge in [-0.25, -0.2) is 9.78 Å². The molecule has 0 bridgehead atoms. The fourth-order valence-corrected chi connectivity index (χ4v) is 5.06. The number of urea groups is 1. The number of nitrogens with one attached hydrogen (secondary N) is 2. The van der Waals surface area contributed by atoms with Crippen LogP contribution in [0.4, 0.5) is 10.5 Å². The van der Waals surface area contributed by atoms with Gasteiger partial charge in [0.2, 0.25) is 12.7 Å². The van der Waals surface area contributed by atoms with E-state index < -0.39 is 6.03 Å². The summed E-state index contributed by atoms with van der Waals surface area (Å²) in [5, 5.41) is 6.18. The molecule has 0 unspecified atom stereocenters. The van der Waals surface area contributed by atoms with Crippen LogP contribution in [0.3, 0.4) is 0 Å². The van der Waals surface area contributed by atoms with Crippen molar-refractivity contribution in [3.63, 3.8) is 0 Å². The van der Waals surface area contributed by atoms with E-state index in [1.807, 2.05) is 18.2 Å². The number of para-hydroxylation sites is 1. The summed E-state index contributed by atoms with van der Waals surface area (Å²) in [4.78, 5) is 31.5. The third kappa shape index (κ3) is 4.47. The standard InChI is InChI=1S/C22H22N4O4S/c27-20(25-22(28)23-15-7-8-17-18(10-15)30-13-29-17)12-26-9-3-4-14(11-26)21-24-16-5-1-2-6-19(16)31-21/h1-2,5-8,10,14H,3-4,9,11-13H2,(H2,23,25,27,28)/t14-/m0/s1. The number of amides is 3. The molecule has 3 heterocycles. The number of hydrogen-bond acceptors (Lipinski definition) is 7. The Morgan fingerprint density at radius 1 is 1.16 bits per heavy atom. The van der Waals surface area contributed by atoms with Crippen LogP contribution in [0.5, 0.6) is 11.5 Å². The van der Waals surface area contributed by atoms with Gasteiger partial charge in [-0.15, -0.1) is 11.3 Å². The number of carbonyl (C=O) groups excluding carboxylic acids is 2. The summed E-state index contributed by atoms with van der Waals surface area (Å²) in [6.45, 7) is 1.93. The number of ether oxygens (including phenoxy) is 2. The van der Waals surface area contributed by atoms with Gasteiger partial charge in [0.15, 0.2) is 11.5 Å².